The van der Waals surface area contributed by atoms with Crippen molar-refractivity contribution in [1.82, 2.24) is 4.98 Å². The highest BCUT2D eigenvalue weighted by molar-refractivity contribution is 6.30. The monoisotopic (exact) mass is 381 g/mol. The van der Waals surface area contributed by atoms with Crippen LogP contribution in [0.5, 0.6) is 0 Å². The van der Waals surface area contributed by atoms with Gasteiger partial charge in [0.15, 0.2) is 0 Å². The molecular formula is C20H16ClN3O3. The largest absolute Gasteiger partial charge is 0.465 e. The van der Waals surface area contributed by atoms with Crippen molar-refractivity contribution in [3.8, 4) is 0 Å². The van der Waals surface area contributed by atoms with Gasteiger partial charge in [0.25, 0.3) is 5.91 Å². The standard InChI is InChI=1S/C20H16ClN3O3/c1-27-20(26)13-4-2-6-15(10-13)24-19(25)18-12-17(8-9-22-18)23-16-7-3-5-14(21)11-16/h2-12H,1H3,(H,22,23)(H,24,25). The fourth-order valence-electron chi connectivity index (χ4n) is 2.40. The van der Waals surface area contributed by atoms with Crippen LogP contribution in [0.4, 0.5) is 17.1 Å². The van der Waals surface area contributed by atoms with E-state index in [1.54, 1.807) is 42.5 Å². The summed E-state index contributed by atoms with van der Waals surface area (Å²) in [6, 6.07) is 17.1. The van der Waals surface area contributed by atoms with Crippen LogP contribution in [0.15, 0.2) is 66.9 Å². The SMILES string of the molecule is COC(=O)c1cccc(NC(=O)c2cc(Nc3cccc(Cl)c3)ccn2)c1. The van der Waals surface area contributed by atoms with Gasteiger partial charge in [0.2, 0.25) is 0 Å². The van der Waals surface area contributed by atoms with Gasteiger partial charge in [-0.3, -0.25) is 9.78 Å². The summed E-state index contributed by atoms with van der Waals surface area (Å²) in [4.78, 5) is 28.2. The van der Waals surface area contributed by atoms with E-state index in [-0.39, 0.29) is 5.69 Å². The minimum absolute atomic E-state index is 0.227. The minimum atomic E-state index is -0.475. The van der Waals surface area contributed by atoms with Crippen molar-refractivity contribution in [2.75, 3.05) is 17.7 Å². The van der Waals surface area contributed by atoms with Crippen molar-refractivity contribution in [2.24, 2.45) is 0 Å². The molecule has 0 bridgehead atoms. The summed E-state index contributed by atoms with van der Waals surface area (Å²) >= 11 is 5.98. The molecule has 6 nitrogen and oxygen atoms in total. The molecule has 1 aromatic heterocycles. The first-order chi connectivity index (χ1) is 13.0. The van der Waals surface area contributed by atoms with Crippen molar-refractivity contribution in [3.05, 3.63) is 83.1 Å². The Hall–Kier alpha value is -3.38. The zero-order valence-electron chi connectivity index (χ0n) is 14.4. The third kappa shape index (κ3) is 4.83. The lowest BCUT2D eigenvalue weighted by Gasteiger charge is -2.09. The number of amides is 1. The molecule has 2 aromatic carbocycles. The van der Waals surface area contributed by atoms with E-state index in [0.29, 0.717) is 22.0 Å². The van der Waals surface area contributed by atoms with Crippen LogP contribution in [0, 0.1) is 0 Å². The number of carbonyl (C=O) groups is 2. The highest BCUT2D eigenvalue weighted by Gasteiger charge is 2.11. The molecule has 0 saturated carbocycles. The van der Waals surface area contributed by atoms with Crippen molar-refractivity contribution < 1.29 is 14.3 Å². The molecule has 3 aromatic rings. The quantitative estimate of drug-likeness (QED) is 0.635. The number of pyridine rings is 1. The number of rotatable bonds is 5. The van der Waals surface area contributed by atoms with E-state index in [1.807, 2.05) is 12.1 Å². The Morgan fingerprint density at radius 1 is 0.963 bits per heavy atom. The van der Waals surface area contributed by atoms with E-state index in [0.717, 1.165) is 5.69 Å². The van der Waals surface area contributed by atoms with Crippen LogP contribution in [0.25, 0.3) is 0 Å². The van der Waals surface area contributed by atoms with E-state index < -0.39 is 11.9 Å². The Kier molecular flexibility index (Phi) is 5.68. The lowest BCUT2D eigenvalue weighted by atomic mass is 10.2. The van der Waals surface area contributed by atoms with Crippen LogP contribution >= 0.6 is 11.6 Å². The Morgan fingerprint density at radius 2 is 1.70 bits per heavy atom. The molecule has 0 atom stereocenters. The number of aromatic nitrogens is 1. The lowest BCUT2D eigenvalue weighted by Crippen LogP contribution is -2.14. The summed E-state index contributed by atoms with van der Waals surface area (Å²) in [7, 11) is 1.30. The summed E-state index contributed by atoms with van der Waals surface area (Å²) < 4.78 is 4.68. The van der Waals surface area contributed by atoms with Crippen molar-refractivity contribution >= 4 is 40.5 Å². The third-order valence-corrected chi connectivity index (χ3v) is 3.88. The Bertz CT molecular complexity index is 991. The maximum absolute atomic E-state index is 12.5. The summed E-state index contributed by atoms with van der Waals surface area (Å²) in [6.07, 6.45) is 1.53. The molecule has 136 valence electrons. The first-order valence-electron chi connectivity index (χ1n) is 8.03. The predicted molar refractivity (Wildman–Crippen MR) is 105 cm³/mol. The van der Waals surface area contributed by atoms with Crippen LogP contribution < -0.4 is 10.6 Å². The Morgan fingerprint density at radius 3 is 2.48 bits per heavy atom. The second-order valence-electron chi connectivity index (χ2n) is 5.59. The molecule has 0 spiro atoms. The highest BCUT2D eigenvalue weighted by Crippen LogP contribution is 2.20. The van der Waals surface area contributed by atoms with E-state index >= 15 is 0 Å². The molecule has 27 heavy (non-hydrogen) atoms. The summed E-state index contributed by atoms with van der Waals surface area (Å²) in [5.41, 5.74) is 2.54. The van der Waals surface area contributed by atoms with Crippen LogP contribution in [-0.2, 0) is 4.74 Å². The summed E-state index contributed by atoms with van der Waals surface area (Å²) in [5, 5.41) is 6.50. The number of anilines is 3. The van der Waals surface area contributed by atoms with E-state index in [2.05, 4.69) is 20.4 Å². The molecule has 0 aliphatic heterocycles. The maximum atomic E-state index is 12.5. The maximum Gasteiger partial charge on any atom is 0.337 e. The number of halogens is 1. The summed E-state index contributed by atoms with van der Waals surface area (Å²) in [6.45, 7) is 0. The Labute approximate surface area is 161 Å². The predicted octanol–water partition coefficient (Wildman–Crippen LogP) is 4.52. The van der Waals surface area contributed by atoms with Gasteiger partial charge in [-0.25, -0.2) is 4.79 Å². The number of carbonyl (C=O) groups excluding carboxylic acids is 2. The molecule has 1 amide bonds. The molecule has 0 saturated heterocycles. The van der Waals surface area contributed by atoms with Crippen LogP contribution in [0.2, 0.25) is 5.02 Å². The minimum Gasteiger partial charge on any atom is -0.465 e. The first-order valence-corrected chi connectivity index (χ1v) is 8.41. The van der Waals surface area contributed by atoms with E-state index in [4.69, 9.17) is 11.6 Å². The number of hydrogen-bond acceptors (Lipinski definition) is 5. The van der Waals surface area contributed by atoms with Gasteiger partial charge in [0.1, 0.15) is 5.69 Å². The van der Waals surface area contributed by atoms with E-state index in [1.165, 1.54) is 19.4 Å². The van der Waals surface area contributed by atoms with Gasteiger partial charge in [-0.2, -0.15) is 0 Å². The van der Waals surface area contributed by atoms with Gasteiger partial charge in [-0.05, 0) is 48.5 Å². The smallest absolute Gasteiger partial charge is 0.337 e. The topological polar surface area (TPSA) is 80.3 Å². The lowest BCUT2D eigenvalue weighted by molar-refractivity contribution is 0.0600. The number of methoxy groups -OCH3 is 1. The van der Waals surface area contributed by atoms with Gasteiger partial charge in [-0.15, -0.1) is 0 Å². The zero-order chi connectivity index (χ0) is 19.2. The Balaban J connectivity index is 1.75. The molecule has 2 N–H and O–H groups in total. The van der Waals surface area contributed by atoms with Gasteiger partial charge in [0.05, 0.1) is 12.7 Å². The molecule has 0 aliphatic rings. The average Bonchev–Trinajstić information content (AvgIpc) is 2.68. The average molecular weight is 382 g/mol. The number of esters is 1. The molecule has 1 heterocycles. The molecule has 0 fully saturated rings. The molecular weight excluding hydrogens is 366 g/mol. The first kappa shape index (κ1) is 18.4. The van der Waals surface area contributed by atoms with Crippen LogP contribution in [0.3, 0.4) is 0 Å². The van der Waals surface area contributed by atoms with E-state index in [9.17, 15) is 9.59 Å². The number of ether oxygens (including phenoxy) is 1. The van der Waals surface area contributed by atoms with Gasteiger partial charge in [0, 0.05) is 28.3 Å². The van der Waals surface area contributed by atoms with Gasteiger partial charge < -0.3 is 15.4 Å². The second-order valence-corrected chi connectivity index (χ2v) is 6.03. The fourth-order valence-corrected chi connectivity index (χ4v) is 2.59. The fraction of sp³-hybridized carbons (Fsp3) is 0.0500. The second kappa shape index (κ2) is 8.33. The number of benzene rings is 2. The zero-order valence-corrected chi connectivity index (χ0v) is 15.2. The van der Waals surface area contributed by atoms with Crippen LogP contribution in [0.1, 0.15) is 20.8 Å². The normalized spacial score (nSPS) is 10.1. The van der Waals surface area contributed by atoms with Crippen molar-refractivity contribution in [2.45, 2.75) is 0 Å². The highest BCUT2D eigenvalue weighted by atomic mass is 35.5. The molecule has 3 rings (SSSR count). The number of nitrogens with zero attached hydrogens (tertiary/aromatic N) is 1. The van der Waals surface area contributed by atoms with Crippen molar-refractivity contribution in [1.29, 1.82) is 0 Å². The number of hydrogen-bond donors (Lipinski definition) is 2. The number of nitrogens with one attached hydrogen (secondary N) is 2. The van der Waals surface area contributed by atoms with Crippen LogP contribution in [-0.4, -0.2) is 24.0 Å². The summed E-state index contributed by atoms with van der Waals surface area (Å²) in [5.74, 6) is -0.872. The van der Waals surface area contributed by atoms with Gasteiger partial charge >= 0.3 is 5.97 Å². The molecule has 0 radical (unpaired) electrons. The van der Waals surface area contributed by atoms with Crippen molar-refractivity contribution in [3.63, 3.8) is 0 Å². The molecule has 0 unspecified atom stereocenters. The third-order valence-electron chi connectivity index (χ3n) is 3.65. The molecule has 7 heteroatoms. The molecule has 0 aliphatic carbocycles. The van der Waals surface area contributed by atoms with Gasteiger partial charge in [-0.1, -0.05) is 23.7 Å².